The molecule has 0 radical (unpaired) electrons. The summed E-state index contributed by atoms with van der Waals surface area (Å²) in [5, 5.41) is 3.06. The van der Waals surface area contributed by atoms with Crippen molar-refractivity contribution in [3.63, 3.8) is 0 Å². The van der Waals surface area contributed by atoms with Gasteiger partial charge in [-0.1, -0.05) is 17.7 Å². The minimum atomic E-state index is -3.82. The molecule has 1 fully saturated rings. The molecule has 0 saturated carbocycles. The van der Waals surface area contributed by atoms with Gasteiger partial charge in [0.05, 0.1) is 6.61 Å². The summed E-state index contributed by atoms with van der Waals surface area (Å²) in [6, 6.07) is 8.72. The van der Waals surface area contributed by atoms with Crippen LogP contribution in [0.25, 0.3) is 0 Å². The van der Waals surface area contributed by atoms with Crippen molar-refractivity contribution in [1.29, 1.82) is 0 Å². The molecule has 162 valence electrons. The van der Waals surface area contributed by atoms with Crippen LogP contribution < -0.4 is 10.1 Å². The maximum absolute atomic E-state index is 13.5. The van der Waals surface area contributed by atoms with Crippen molar-refractivity contribution in [3.8, 4) is 5.75 Å². The standard InChI is InChI=1S/C21H24ClFN2O4S/c1-3-29-19-7-5-16(22)12-20(19)30(27,28)25-10-8-15(9-11-25)21(26)24-18-13-17(23)6-4-14(18)2/h4-7,12-13,15H,3,8-11H2,1-2H3,(H,24,26). The van der Waals surface area contributed by atoms with E-state index in [4.69, 9.17) is 16.3 Å². The van der Waals surface area contributed by atoms with Gasteiger partial charge in [0.2, 0.25) is 15.9 Å². The molecule has 0 atom stereocenters. The highest BCUT2D eigenvalue weighted by atomic mass is 35.5. The van der Waals surface area contributed by atoms with E-state index in [-0.39, 0.29) is 35.6 Å². The number of anilines is 1. The van der Waals surface area contributed by atoms with Crippen LogP contribution in [0.1, 0.15) is 25.3 Å². The zero-order valence-electron chi connectivity index (χ0n) is 16.8. The number of benzene rings is 2. The summed E-state index contributed by atoms with van der Waals surface area (Å²) in [5.74, 6) is -0.768. The molecule has 1 aliphatic heterocycles. The molecule has 0 aromatic heterocycles. The van der Waals surface area contributed by atoms with E-state index in [9.17, 15) is 17.6 Å². The van der Waals surface area contributed by atoms with Gasteiger partial charge in [0.25, 0.3) is 0 Å². The summed E-state index contributed by atoms with van der Waals surface area (Å²) < 4.78 is 46.5. The Morgan fingerprint density at radius 3 is 2.60 bits per heavy atom. The van der Waals surface area contributed by atoms with E-state index in [1.54, 1.807) is 32.0 Å². The molecule has 1 N–H and O–H groups in total. The third-order valence-electron chi connectivity index (χ3n) is 5.11. The molecular formula is C21H24ClFN2O4S. The van der Waals surface area contributed by atoms with Crippen molar-refractivity contribution >= 4 is 33.2 Å². The van der Waals surface area contributed by atoms with Gasteiger partial charge in [-0.25, -0.2) is 12.8 Å². The first-order chi connectivity index (χ1) is 14.2. The molecule has 30 heavy (non-hydrogen) atoms. The molecule has 0 aliphatic carbocycles. The topological polar surface area (TPSA) is 75.7 Å². The van der Waals surface area contributed by atoms with Crippen molar-refractivity contribution < 1.29 is 22.3 Å². The molecule has 1 saturated heterocycles. The molecule has 0 unspecified atom stereocenters. The maximum Gasteiger partial charge on any atom is 0.246 e. The summed E-state index contributed by atoms with van der Waals surface area (Å²) in [6.45, 7) is 4.27. The van der Waals surface area contributed by atoms with Crippen molar-refractivity contribution in [1.82, 2.24) is 4.31 Å². The normalized spacial score (nSPS) is 15.7. The molecule has 9 heteroatoms. The number of aryl methyl sites for hydroxylation is 1. The number of hydrogen-bond donors (Lipinski definition) is 1. The van der Waals surface area contributed by atoms with Crippen molar-refractivity contribution in [3.05, 3.63) is 52.8 Å². The predicted octanol–water partition coefficient (Wildman–Crippen LogP) is 4.23. The van der Waals surface area contributed by atoms with Gasteiger partial charge >= 0.3 is 0 Å². The summed E-state index contributed by atoms with van der Waals surface area (Å²) in [4.78, 5) is 12.6. The number of ether oxygens (including phenoxy) is 1. The Labute approximate surface area is 181 Å². The number of piperidine rings is 1. The fourth-order valence-corrected chi connectivity index (χ4v) is 5.28. The maximum atomic E-state index is 13.5. The summed E-state index contributed by atoms with van der Waals surface area (Å²) in [7, 11) is -3.82. The number of sulfonamides is 1. The van der Waals surface area contributed by atoms with E-state index >= 15 is 0 Å². The van der Waals surface area contributed by atoms with Crippen LogP contribution in [0.5, 0.6) is 5.75 Å². The first-order valence-electron chi connectivity index (χ1n) is 9.72. The molecule has 0 spiro atoms. The van der Waals surface area contributed by atoms with Gasteiger partial charge in [0.1, 0.15) is 16.5 Å². The average molecular weight is 455 g/mol. The minimum absolute atomic E-state index is 0.0233. The van der Waals surface area contributed by atoms with Gasteiger partial charge in [-0.3, -0.25) is 4.79 Å². The highest BCUT2D eigenvalue weighted by Gasteiger charge is 2.34. The third kappa shape index (κ3) is 4.94. The van der Waals surface area contributed by atoms with Crippen LogP contribution in [-0.4, -0.2) is 38.3 Å². The fourth-order valence-electron chi connectivity index (χ4n) is 3.42. The summed E-state index contributed by atoms with van der Waals surface area (Å²) in [6.07, 6.45) is 0.730. The zero-order valence-corrected chi connectivity index (χ0v) is 18.4. The molecule has 1 amide bonds. The number of nitrogens with zero attached hydrogens (tertiary/aromatic N) is 1. The average Bonchev–Trinajstić information content (AvgIpc) is 2.72. The van der Waals surface area contributed by atoms with Gasteiger partial charge in [-0.05, 0) is 62.6 Å². The molecule has 2 aromatic rings. The second kappa shape index (κ2) is 9.32. The Balaban J connectivity index is 1.70. The number of halogens is 2. The third-order valence-corrected chi connectivity index (χ3v) is 7.26. The van der Waals surface area contributed by atoms with E-state index in [1.165, 1.54) is 22.5 Å². The van der Waals surface area contributed by atoms with Gasteiger partial charge < -0.3 is 10.1 Å². The molecule has 3 rings (SSSR count). The highest BCUT2D eigenvalue weighted by Crippen LogP contribution is 2.32. The zero-order chi connectivity index (χ0) is 21.9. The van der Waals surface area contributed by atoms with Gasteiger partial charge in [-0.15, -0.1) is 0 Å². The lowest BCUT2D eigenvalue weighted by Crippen LogP contribution is -2.41. The van der Waals surface area contributed by atoms with Gasteiger partial charge in [0.15, 0.2) is 0 Å². The lowest BCUT2D eigenvalue weighted by atomic mass is 9.97. The molecule has 1 heterocycles. The number of carbonyl (C=O) groups is 1. The van der Waals surface area contributed by atoms with E-state index in [1.807, 2.05) is 0 Å². The number of amides is 1. The number of rotatable bonds is 6. The fraction of sp³-hybridized carbons (Fsp3) is 0.381. The van der Waals surface area contributed by atoms with Crippen LogP contribution in [0.4, 0.5) is 10.1 Å². The first-order valence-corrected chi connectivity index (χ1v) is 11.5. The van der Waals surface area contributed by atoms with Crippen LogP contribution >= 0.6 is 11.6 Å². The number of nitrogens with one attached hydrogen (secondary N) is 1. The van der Waals surface area contributed by atoms with E-state index in [2.05, 4.69) is 5.32 Å². The molecule has 2 aromatic carbocycles. The second-order valence-corrected chi connectivity index (χ2v) is 9.49. The van der Waals surface area contributed by atoms with E-state index in [0.717, 1.165) is 5.56 Å². The van der Waals surface area contributed by atoms with Crippen LogP contribution in [0.15, 0.2) is 41.3 Å². The van der Waals surface area contributed by atoms with E-state index in [0.29, 0.717) is 30.2 Å². The summed E-state index contributed by atoms with van der Waals surface area (Å²) in [5.41, 5.74) is 1.18. The first kappa shape index (κ1) is 22.5. The second-order valence-electron chi connectivity index (χ2n) is 7.15. The Bertz CT molecular complexity index is 1040. The van der Waals surface area contributed by atoms with Gasteiger partial charge in [0, 0.05) is 29.7 Å². The lowest BCUT2D eigenvalue weighted by molar-refractivity contribution is -0.120. The number of carbonyl (C=O) groups excluding carboxylic acids is 1. The Morgan fingerprint density at radius 1 is 1.23 bits per heavy atom. The Morgan fingerprint density at radius 2 is 1.93 bits per heavy atom. The molecule has 1 aliphatic rings. The van der Waals surface area contributed by atoms with Crippen molar-refractivity contribution in [2.45, 2.75) is 31.6 Å². The van der Waals surface area contributed by atoms with Gasteiger partial charge in [-0.2, -0.15) is 4.31 Å². The van der Waals surface area contributed by atoms with Crippen LogP contribution in [0.3, 0.4) is 0 Å². The van der Waals surface area contributed by atoms with Crippen molar-refractivity contribution in [2.75, 3.05) is 25.0 Å². The monoisotopic (exact) mass is 454 g/mol. The van der Waals surface area contributed by atoms with E-state index < -0.39 is 15.8 Å². The molecular weight excluding hydrogens is 431 g/mol. The largest absolute Gasteiger partial charge is 0.492 e. The van der Waals surface area contributed by atoms with Crippen LogP contribution in [0.2, 0.25) is 5.02 Å². The Hall–Kier alpha value is -2.16. The SMILES string of the molecule is CCOc1ccc(Cl)cc1S(=O)(=O)N1CCC(C(=O)Nc2cc(F)ccc2C)CC1. The molecule has 0 bridgehead atoms. The minimum Gasteiger partial charge on any atom is -0.492 e. The lowest BCUT2D eigenvalue weighted by Gasteiger charge is -2.31. The molecule has 6 nitrogen and oxygen atoms in total. The van der Waals surface area contributed by atoms with Crippen LogP contribution in [-0.2, 0) is 14.8 Å². The smallest absolute Gasteiger partial charge is 0.246 e. The quantitative estimate of drug-likeness (QED) is 0.708. The Kier molecular flexibility index (Phi) is 7.00. The van der Waals surface area contributed by atoms with Crippen LogP contribution in [0, 0.1) is 18.7 Å². The predicted molar refractivity (Wildman–Crippen MR) is 114 cm³/mol. The number of hydrogen-bond acceptors (Lipinski definition) is 4. The summed E-state index contributed by atoms with van der Waals surface area (Å²) >= 11 is 6.01. The van der Waals surface area contributed by atoms with Crippen molar-refractivity contribution in [2.24, 2.45) is 5.92 Å². The highest BCUT2D eigenvalue weighted by molar-refractivity contribution is 7.89.